The van der Waals surface area contributed by atoms with Crippen LogP contribution in [-0.4, -0.2) is 57.1 Å². The number of hydrogen-bond acceptors (Lipinski definition) is 6. The van der Waals surface area contributed by atoms with Crippen LogP contribution >= 0.6 is 0 Å². The summed E-state index contributed by atoms with van der Waals surface area (Å²) >= 11 is 0. The van der Waals surface area contributed by atoms with Crippen molar-refractivity contribution in [1.82, 2.24) is 29.6 Å². The van der Waals surface area contributed by atoms with Gasteiger partial charge in [0.15, 0.2) is 5.65 Å². The summed E-state index contributed by atoms with van der Waals surface area (Å²) in [5, 5.41) is 8.48. The summed E-state index contributed by atoms with van der Waals surface area (Å²) in [5.74, 6) is 0.311. The Morgan fingerprint density at radius 1 is 1.22 bits per heavy atom. The van der Waals surface area contributed by atoms with Gasteiger partial charge >= 0.3 is 6.61 Å². The Bertz CT molecular complexity index is 1570. The number of aromatic nitrogens is 5. The number of benzene rings is 1. The largest absolute Gasteiger partial charge is 0.435 e. The maximum Gasteiger partial charge on any atom is 0.387 e. The van der Waals surface area contributed by atoms with Crippen LogP contribution in [0.4, 0.5) is 8.78 Å². The Hall–Kier alpha value is -3.38. The number of fused-ring (bicyclic) bond motifs is 2. The molecule has 0 unspecified atom stereocenters. The van der Waals surface area contributed by atoms with Crippen molar-refractivity contribution in [3.05, 3.63) is 36.2 Å². The first-order chi connectivity index (χ1) is 19.3. The lowest BCUT2D eigenvalue weighted by Gasteiger charge is -2.20. The fraction of sp³-hybridized carbons (Fsp3) is 0.517. The van der Waals surface area contributed by atoms with E-state index in [0.717, 1.165) is 30.9 Å². The molecule has 1 N–H and O–H groups in total. The SMILES string of the molecule is CC(C)(C)NC(=O)c1cn(COCC[Si](C)(C)C)c2ncc(-c3nn(CC4CC4)c4ccc(OC(F)F)cc34)nc12. The van der Waals surface area contributed by atoms with E-state index in [0.29, 0.717) is 46.0 Å². The second-order valence-corrected chi connectivity index (χ2v) is 18.6. The number of nitrogens with zero attached hydrogens (tertiary/aromatic N) is 5. The summed E-state index contributed by atoms with van der Waals surface area (Å²) in [6.45, 7) is 11.3. The highest BCUT2D eigenvalue weighted by atomic mass is 28.3. The van der Waals surface area contributed by atoms with E-state index in [-0.39, 0.29) is 18.4 Å². The zero-order valence-corrected chi connectivity index (χ0v) is 25.5. The number of amides is 1. The maximum atomic E-state index is 13.4. The first-order valence-electron chi connectivity index (χ1n) is 14.0. The molecule has 0 radical (unpaired) electrons. The normalized spacial score (nSPS) is 14.4. The number of carbonyl (C=O) groups excluding carboxylic acids is 1. The van der Waals surface area contributed by atoms with Crippen LogP contribution in [0.25, 0.3) is 33.5 Å². The van der Waals surface area contributed by atoms with Gasteiger partial charge in [-0.15, -0.1) is 0 Å². The van der Waals surface area contributed by atoms with Gasteiger partial charge in [-0.25, -0.2) is 9.97 Å². The Morgan fingerprint density at radius 3 is 2.63 bits per heavy atom. The number of nitrogens with one attached hydrogen (secondary N) is 1. The minimum absolute atomic E-state index is 0.0422. The van der Waals surface area contributed by atoms with Crippen LogP contribution in [0.5, 0.6) is 5.75 Å². The molecule has 3 aromatic heterocycles. The molecular formula is C29H38F2N6O3Si. The van der Waals surface area contributed by atoms with Crippen molar-refractivity contribution < 1.29 is 23.0 Å². The fourth-order valence-corrected chi connectivity index (χ4v) is 5.34. The molecule has 5 rings (SSSR count). The summed E-state index contributed by atoms with van der Waals surface area (Å²) < 4.78 is 40.3. The predicted molar refractivity (Wildman–Crippen MR) is 157 cm³/mol. The van der Waals surface area contributed by atoms with Crippen molar-refractivity contribution in [3.8, 4) is 17.1 Å². The molecule has 41 heavy (non-hydrogen) atoms. The average Bonchev–Trinajstić information content (AvgIpc) is 3.50. The van der Waals surface area contributed by atoms with Crippen LogP contribution in [0.15, 0.2) is 30.6 Å². The second-order valence-electron chi connectivity index (χ2n) is 13.0. The van der Waals surface area contributed by atoms with Crippen LogP contribution in [0.2, 0.25) is 25.7 Å². The molecule has 1 fully saturated rings. The molecule has 12 heteroatoms. The summed E-state index contributed by atoms with van der Waals surface area (Å²) in [6, 6.07) is 5.85. The van der Waals surface area contributed by atoms with E-state index in [4.69, 9.17) is 19.8 Å². The molecule has 1 aromatic carbocycles. The van der Waals surface area contributed by atoms with Crippen LogP contribution in [0.1, 0.15) is 44.0 Å². The number of halogens is 2. The summed E-state index contributed by atoms with van der Waals surface area (Å²) in [7, 11) is -1.26. The van der Waals surface area contributed by atoms with Gasteiger partial charge in [0, 0.05) is 38.3 Å². The van der Waals surface area contributed by atoms with Crippen LogP contribution in [0.3, 0.4) is 0 Å². The Kier molecular flexibility index (Phi) is 7.90. The molecular weight excluding hydrogens is 546 g/mol. The third-order valence-electron chi connectivity index (χ3n) is 6.84. The number of hydrogen-bond donors (Lipinski definition) is 1. The first kappa shape index (κ1) is 29.1. The van der Waals surface area contributed by atoms with E-state index >= 15 is 0 Å². The molecule has 4 aromatic rings. The van der Waals surface area contributed by atoms with Gasteiger partial charge in [0.1, 0.15) is 29.4 Å². The van der Waals surface area contributed by atoms with E-state index < -0.39 is 20.2 Å². The first-order valence-corrected chi connectivity index (χ1v) is 17.7. The number of ether oxygens (including phenoxy) is 2. The van der Waals surface area contributed by atoms with Gasteiger partial charge in [-0.1, -0.05) is 19.6 Å². The lowest BCUT2D eigenvalue weighted by Crippen LogP contribution is -2.40. The Morgan fingerprint density at radius 2 is 1.98 bits per heavy atom. The van der Waals surface area contributed by atoms with Crippen LogP contribution < -0.4 is 10.1 Å². The van der Waals surface area contributed by atoms with Crippen molar-refractivity contribution in [2.75, 3.05) is 6.61 Å². The zero-order chi connectivity index (χ0) is 29.5. The molecule has 0 bridgehead atoms. The lowest BCUT2D eigenvalue weighted by atomic mass is 10.1. The average molecular weight is 585 g/mol. The molecule has 3 heterocycles. The quantitative estimate of drug-likeness (QED) is 0.164. The molecule has 220 valence electrons. The Balaban J connectivity index is 1.57. The van der Waals surface area contributed by atoms with Crippen molar-refractivity contribution in [2.45, 2.75) is 84.7 Å². The van der Waals surface area contributed by atoms with Crippen molar-refractivity contribution >= 4 is 36.0 Å². The van der Waals surface area contributed by atoms with Crippen LogP contribution in [0, 0.1) is 5.92 Å². The topological polar surface area (TPSA) is 96.1 Å². The molecule has 1 aliphatic rings. The molecule has 1 saturated carbocycles. The van der Waals surface area contributed by atoms with E-state index in [9.17, 15) is 13.6 Å². The van der Waals surface area contributed by atoms with Gasteiger partial charge in [0.05, 0.1) is 17.3 Å². The van der Waals surface area contributed by atoms with Crippen LogP contribution in [-0.2, 0) is 18.0 Å². The molecule has 1 amide bonds. The van der Waals surface area contributed by atoms with E-state index in [2.05, 4.69) is 29.7 Å². The smallest absolute Gasteiger partial charge is 0.387 e. The highest BCUT2D eigenvalue weighted by Crippen LogP contribution is 2.35. The molecule has 0 spiro atoms. The monoisotopic (exact) mass is 584 g/mol. The summed E-state index contributed by atoms with van der Waals surface area (Å²) in [4.78, 5) is 22.9. The van der Waals surface area contributed by atoms with Gasteiger partial charge in [0.25, 0.3) is 5.91 Å². The molecule has 0 saturated heterocycles. The number of carbonyl (C=O) groups is 1. The summed E-state index contributed by atoms with van der Waals surface area (Å²) in [6.07, 6.45) is 5.60. The fourth-order valence-electron chi connectivity index (χ4n) is 4.59. The van der Waals surface area contributed by atoms with E-state index in [1.807, 2.05) is 25.5 Å². The highest BCUT2D eigenvalue weighted by molar-refractivity contribution is 6.76. The molecule has 9 nitrogen and oxygen atoms in total. The van der Waals surface area contributed by atoms with Gasteiger partial charge in [-0.3, -0.25) is 9.48 Å². The van der Waals surface area contributed by atoms with Gasteiger partial charge in [-0.2, -0.15) is 13.9 Å². The third-order valence-corrected chi connectivity index (χ3v) is 8.55. The Labute approximate surface area is 239 Å². The maximum absolute atomic E-state index is 13.4. The minimum atomic E-state index is -2.94. The van der Waals surface area contributed by atoms with Crippen molar-refractivity contribution in [2.24, 2.45) is 5.92 Å². The van der Waals surface area contributed by atoms with E-state index in [1.165, 1.54) is 6.07 Å². The second kappa shape index (κ2) is 11.1. The van der Waals surface area contributed by atoms with Crippen molar-refractivity contribution in [3.63, 3.8) is 0 Å². The van der Waals surface area contributed by atoms with Gasteiger partial charge in [-0.05, 0) is 63.8 Å². The lowest BCUT2D eigenvalue weighted by molar-refractivity contribution is -0.0497. The zero-order valence-electron chi connectivity index (χ0n) is 24.5. The molecule has 0 aliphatic heterocycles. The third kappa shape index (κ3) is 7.10. The predicted octanol–water partition coefficient (Wildman–Crippen LogP) is 6.30. The van der Waals surface area contributed by atoms with Gasteiger partial charge < -0.3 is 19.4 Å². The molecule has 0 atom stereocenters. The van der Waals surface area contributed by atoms with Crippen molar-refractivity contribution in [1.29, 1.82) is 0 Å². The molecule has 1 aliphatic carbocycles. The standard InChI is InChI=1S/C29H38F2N6O3Si/c1-29(2,3)34-27(38)21-16-36(17-39-11-12-41(4,5)6)26-25(21)33-22(14-32-26)24-20-13-19(40-28(30)31)9-10-23(20)37(35-24)15-18-7-8-18/h9-10,13-14,16,18,28H,7-8,11-12,15,17H2,1-6H3,(H,34,38). The van der Waals surface area contributed by atoms with Gasteiger partial charge in [0.2, 0.25) is 0 Å². The number of rotatable bonds is 11. The highest BCUT2D eigenvalue weighted by Gasteiger charge is 2.26. The number of alkyl halides is 2. The minimum Gasteiger partial charge on any atom is -0.435 e. The van der Waals surface area contributed by atoms with E-state index in [1.54, 1.807) is 29.1 Å². The summed E-state index contributed by atoms with van der Waals surface area (Å²) in [5.41, 5.74) is 2.59.